The molecule has 2 N–H and O–H groups in total. The summed E-state index contributed by atoms with van der Waals surface area (Å²) in [6.45, 7) is 2.48. The monoisotopic (exact) mass is 296 g/mol. The molecule has 0 aromatic carbocycles. The molecule has 5 nitrogen and oxygen atoms in total. The Labute approximate surface area is 127 Å². The number of amides is 2. The van der Waals surface area contributed by atoms with Gasteiger partial charge in [-0.15, -0.1) is 0 Å². The van der Waals surface area contributed by atoms with Crippen LogP contribution in [0.25, 0.3) is 0 Å². The van der Waals surface area contributed by atoms with Crippen LogP contribution in [0.15, 0.2) is 0 Å². The molecule has 2 amide bonds. The van der Waals surface area contributed by atoms with Crippen LogP contribution in [0.2, 0.25) is 0 Å². The van der Waals surface area contributed by atoms with Gasteiger partial charge in [-0.1, -0.05) is 39.0 Å². The van der Waals surface area contributed by atoms with Crippen LogP contribution in [0.1, 0.15) is 64.7 Å². The highest BCUT2D eigenvalue weighted by molar-refractivity contribution is 5.83. The largest absolute Gasteiger partial charge is 0.480 e. The van der Waals surface area contributed by atoms with E-state index >= 15 is 0 Å². The number of hydrogen-bond donors (Lipinski definition) is 2. The van der Waals surface area contributed by atoms with Gasteiger partial charge in [-0.05, 0) is 31.6 Å². The van der Waals surface area contributed by atoms with E-state index < -0.39 is 12.0 Å². The summed E-state index contributed by atoms with van der Waals surface area (Å²) < 4.78 is 0. The second-order valence-electron chi connectivity index (χ2n) is 6.59. The number of urea groups is 1. The van der Waals surface area contributed by atoms with Gasteiger partial charge in [0.05, 0.1) is 0 Å². The van der Waals surface area contributed by atoms with Crippen molar-refractivity contribution < 1.29 is 14.7 Å². The highest BCUT2D eigenvalue weighted by Crippen LogP contribution is 2.24. The number of carbonyl (C=O) groups excluding carboxylic acids is 1. The first kappa shape index (κ1) is 16.1. The fraction of sp³-hybridized carbons (Fsp3) is 0.875. The minimum Gasteiger partial charge on any atom is -0.480 e. The average molecular weight is 296 g/mol. The number of nitrogens with zero attached hydrogens (tertiary/aromatic N) is 1. The number of piperidine rings is 1. The Hall–Kier alpha value is -1.26. The SMILES string of the molecule is CC1CCCN(C(=O)NC2CCCCCCC2)C1C(=O)O. The molecule has 2 rings (SSSR count). The number of aliphatic carboxylic acids is 1. The van der Waals surface area contributed by atoms with Gasteiger partial charge in [0.25, 0.3) is 0 Å². The molecule has 1 aliphatic heterocycles. The second-order valence-corrected chi connectivity index (χ2v) is 6.59. The summed E-state index contributed by atoms with van der Waals surface area (Å²) in [7, 11) is 0. The first-order valence-corrected chi connectivity index (χ1v) is 8.39. The van der Waals surface area contributed by atoms with Crippen molar-refractivity contribution in [3.8, 4) is 0 Å². The van der Waals surface area contributed by atoms with Crippen molar-refractivity contribution in [3.63, 3.8) is 0 Å². The fourth-order valence-corrected chi connectivity index (χ4v) is 3.65. The van der Waals surface area contributed by atoms with E-state index in [1.165, 1.54) is 24.2 Å². The van der Waals surface area contributed by atoms with E-state index in [1.807, 2.05) is 6.92 Å². The van der Waals surface area contributed by atoms with Crippen molar-refractivity contribution in [1.82, 2.24) is 10.2 Å². The Morgan fingerprint density at radius 3 is 2.24 bits per heavy atom. The van der Waals surface area contributed by atoms with Gasteiger partial charge in [-0.3, -0.25) is 0 Å². The van der Waals surface area contributed by atoms with E-state index in [1.54, 1.807) is 0 Å². The quantitative estimate of drug-likeness (QED) is 0.823. The van der Waals surface area contributed by atoms with Crippen LogP contribution in [-0.2, 0) is 4.79 Å². The van der Waals surface area contributed by atoms with Gasteiger partial charge in [0.15, 0.2) is 0 Å². The summed E-state index contributed by atoms with van der Waals surface area (Å²) in [5.74, 6) is -0.852. The van der Waals surface area contributed by atoms with Crippen molar-refractivity contribution in [2.75, 3.05) is 6.54 Å². The van der Waals surface area contributed by atoms with Gasteiger partial charge in [0.1, 0.15) is 6.04 Å². The Balaban J connectivity index is 1.95. The number of carboxylic acid groups (broad SMARTS) is 1. The highest BCUT2D eigenvalue weighted by Gasteiger charge is 2.37. The summed E-state index contributed by atoms with van der Waals surface area (Å²) >= 11 is 0. The zero-order valence-corrected chi connectivity index (χ0v) is 13.0. The van der Waals surface area contributed by atoms with Crippen molar-refractivity contribution >= 4 is 12.0 Å². The van der Waals surface area contributed by atoms with Crippen LogP contribution in [0.4, 0.5) is 4.79 Å². The molecule has 1 heterocycles. The molecule has 1 aliphatic carbocycles. The van der Waals surface area contributed by atoms with Crippen LogP contribution >= 0.6 is 0 Å². The molecule has 0 bridgehead atoms. The molecule has 21 heavy (non-hydrogen) atoms. The molecule has 5 heteroatoms. The number of nitrogens with one attached hydrogen (secondary N) is 1. The first-order valence-electron chi connectivity index (χ1n) is 8.39. The Kier molecular flexibility index (Phi) is 5.88. The summed E-state index contributed by atoms with van der Waals surface area (Å²) in [5.41, 5.74) is 0. The van der Waals surface area contributed by atoms with Gasteiger partial charge in [-0.2, -0.15) is 0 Å². The number of hydrogen-bond acceptors (Lipinski definition) is 2. The van der Waals surface area contributed by atoms with Gasteiger partial charge in [-0.25, -0.2) is 9.59 Å². The van der Waals surface area contributed by atoms with Crippen molar-refractivity contribution in [2.24, 2.45) is 5.92 Å². The first-order chi connectivity index (χ1) is 10.1. The molecule has 120 valence electrons. The van der Waals surface area contributed by atoms with E-state index in [-0.39, 0.29) is 18.0 Å². The van der Waals surface area contributed by atoms with Crippen LogP contribution in [0.3, 0.4) is 0 Å². The number of likely N-dealkylation sites (tertiary alicyclic amines) is 1. The van der Waals surface area contributed by atoms with Gasteiger partial charge in [0, 0.05) is 12.6 Å². The maximum Gasteiger partial charge on any atom is 0.326 e. The maximum atomic E-state index is 12.5. The lowest BCUT2D eigenvalue weighted by Crippen LogP contribution is -2.56. The Morgan fingerprint density at radius 2 is 1.62 bits per heavy atom. The molecule has 2 unspecified atom stereocenters. The summed E-state index contributed by atoms with van der Waals surface area (Å²) in [6, 6.07) is -0.642. The summed E-state index contributed by atoms with van der Waals surface area (Å²) in [4.78, 5) is 25.5. The minimum atomic E-state index is -0.880. The van der Waals surface area contributed by atoms with Crippen molar-refractivity contribution in [3.05, 3.63) is 0 Å². The molecular weight excluding hydrogens is 268 g/mol. The predicted molar refractivity (Wildman–Crippen MR) is 81.2 cm³/mol. The maximum absolute atomic E-state index is 12.5. The standard InChI is InChI=1S/C16H28N2O3/c1-12-8-7-11-18(14(12)15(19)20)16(21)17-13-9-5-3-2-4-6-10-13/h12-14H,2-11H2,1H3,(H,17,21)(H,19,20). The molecule has 0 spiro atoms. The van der Waals surface area contributed by atoms with E-state index in [0.717, 1.165) is 38.5 Å². The number of carboxylic acids is 1. The molecule has 2 atom stereocenters. The van der Waals surface area contributed by atoms with Crippen molar-refractivity contribution in [1.29, 1.82) is 0 Å². The van der Waals surface area contributed by atoms with Gasteiger partial charge in [0.2, 0.25) is 0 Å². The zero-order valence-electron chi connectivity index (χ0n) is 13.0. The van der Waals surface area contributed by atoms with Crippen LogP contribution in [0.5, 0.6) is 0 Å². The number of rotatable bonds is 2. The highest BCUT2D eigenvalue weighted by atomic mass is 16.4. The lowest BCUT2D eigenvalue weighted by atomic mass is 9.91. The summed E-state index contributed by atoms with van der Waals surface area (Å²) in [5, 5.41) is 12.5. The molecular formula is C16H28N2O3. The molecule has 1 saturated carbocycles. The van der Waals surface area contributed by atoms with Gasteiger partial charge < -0.3 is 15.3 Å². The van der Waals surface area contributed by atoms with Crippen LogP contribution in [0, 0.1) is 5.92 Å². The molecule has 1 saturated heterocycles. The Bertz CT molecular complexity index is 365. The van der Waals surface area contributed by atoms with Crippen LogP contribution < -0.4 is 5.32 Å². The second kappa shape index (κ2) is 7.66. The predicted octanol–water partition coefficient (Wildman–Crippen LogP) is 2.99. The number of carbonyl (C=O) groups is 2. The molecule has 2 fully saturated rings. The third kappa shape index (κ3) is 4.35. The normalized spacial score (nSPS) is 28.5. The van der Waals surface area contributed by atoms with E-state index in [0.29, 0.717) is 6.54 Å². The lowest BCUT2D eigenvalue weighted by Gasteiger charge is -2.38. The van der Waals surface area contributed by atoms with Crippen molar-refractivity contribution in [2.45, 2.75) is 76.8 Å². The van der Waals surface area contributed by atoms with E-state index in [4.69, 9.17) is 0 Å². The van der Waals surface area contributed by atoms with E-state index in [2.05, 4.69) is 5.32 Å². The van der Waals surface area contributed by atoms with Gasteiger partial charge >= 0.3 is 12.0 Å². The molecule has 0 radical (unpaired) electrons. The smallest absolute Gasteiger partial charge is 0.326 e. The Morgan fingerprint density at radius 1 is 1.00 bits per heavy atom. The third-order valence-corrected chi connectivity index (χ3v) is 4.88. The minimum absolute atomic E-state index is 0.0272. The molecule has 0 aromatic heterocycles. The fourth-order valence-electron chi connectivity index (χ4n) is 3.65. The zero-order chi connectivity index (χ0) is 15.2. The average Bonchev–Trinajstić information content (AvgIpc) is 2.40. The molecule has 2 aliphatic rings. The van der Waals surface area contributed by atoms with E-state index in [9.17, 15) is 14.7 Å². The lowest BCUT2D eigenvalue weighted by molar-refractivity contribution is -0.145. The molecule has 0 aromatic rings. The third-order valence-electron chi connectivity index (χ3n) is 4.88. The topological polar surface area (TPSA) is 69.6 Å². The van der Waals surface area contributed by atoms with Crippen LogP contribution in [-0.4, -0.2) is 40.6 Å². The summed E-state index contributed by atoms with van der Waals surface area (Å²) in [6.07, 6.45) is 9.90.